The maximum absolute atomic E-state index is 13.0. The Kier molecular flexibility index (Phi) is 5.45. The maximum Gasteiger partial charge on any atom is 0.268 e. The van der Waals surface area contributed by atoms with Crippen LogP contribution in [0.25, 0.3) is 10.9 Å². The fourth-order valence-corrected chi connectivity index (χ4v) is 3.55. The van der Waals surface area contributed by atoms with Crippen molar-refractivity contribution < 1.29 is 4.79 Å². The largest absolute Gasteiger partial charge is 0.399 e. The maximum atomic E-state index is 13.0. The minimum atomic E-state index is -0.160. The van der Waals surface area contributed by atoms with Crippen LogP contribution < -0.4 is 16.8 Å². The first kappa shape index (κ1) is 19.6. The van der Waals surface area contributed by atoms with Gasteiger partial charge in [0, 0.05) is 47.6 Å². The number of thiocarbonyl (C=S) groups is 1. The van der Waals surface area contributed by atoms with E-state index in [1.54, 1.807) is 12.4 Å². The van der Waals surface area contributed by atoms with Crippen LogP contribution in [0.4, 0.5) is 5.69 Å². The van der Waals surface area contributed by atoms with E-state index in [1.807, 2.05) is 65.2 Å². The van der Waals surface area contributed by atoms with Gasteiger partial charge in [-0.25, -0.2) is 0 Å². The van der Waals surface area contributed by atoms with Crippen LogP contribution in [0.5, 0.6) is 0 Å². The Morgan fingerprint density at radius 3 is 2.60 bits per heavy atom. The van der Waals surface area contributed by atoms with Crippen LogP contribution in [0.1, 0.15) is 27.2 Å². The van der Waals surface area contributed by atoms with E-state index < -0.39 is 0 Å². The summed E-state index contributed by atoms with van der Waals surface area (Å²) < 4.78 is 1.98. The van der Waals surface area contributed by atoms with Crippen molar-refractivity contribution in [3.8, 4) is 0 Å². The number of hydrogen-bond acceptors (Lipinski definition) is 4. The SMILES string of the molecule is NC(=S)c1cccc(Cn2c(C(=O)NCc3ccncc3)cc3cc(N)ccc32)c1. The molecule has 0 fully saturated rings. The Labute approximate surface area is 179 Å². The van der Waals surface area contributed by atoms with Crippen molar-refractivity contribution in [3.63, 3.8) is 0 Å². The lowest BCUT2D eigenvalue weighted by molar-refractivity contribution is 0.0942. The standard InChI is InChI=1S/C23H21N5OS/c24-19-4-5-20-18(11-19)12-21(23(29)27-13-15-6-8-26-9-7-15)28(20)14-16-2-1-3-17(10-16)22(25)30/h1-12H,13-14,24H2,(H2,25,30)(H,27,29). The smallest absolute Gasteiger partial charge is 0.268 e. The molecule has 2 aromatic carbocycles. The van der Waals surface area contributed by atoms with Gasteiger partial charge in [-0.1, -0.05) is 30.4 Å². The minimum absolute atomic E-state index is 0.160. The molecule has 150 valence electrons. The summed E-state index contributed by atoms with van der Waals surface area (Å²) in [6.07, 6.45) is 3.41. The van der Waals surface area contributed by atoms with E-state index in [9.17, 15) is 4.79 Å². The number of rotatable bonds is 6. The number of carbonyl (C=O) groups excluding carboxylic acids is 1. The summed E-state index contributed by atoms with van der Waals surface area (Å²) in [5.41, 5.74) is 16.7. The number of pyridine rings is 1. The number of nitrogens with two attached hydrogens (primary N) is 2. The van der Waals surface area contributed by atoms with Crippen LogP contribution in [-0.4, -0.2) is 20.4 Å². The number of nitrogens with zero attached hydrogens (tertiary/aromatic N) is 2. The molecule has 1 amide bonds. The molecule has 0 atom stereocenters. The van der Waals surface area contributed by atoms with Crippen molar-refractivity contribution >= 4 is 39.7 Å². The highest BCUT2D eigenvalue weighted by atomic mass is 32.1. The molecular formula is C23H21N5OS. The number of anilines is 1. The number of carbonyl (C=O) groups is 1. The highest BCUT2D eigenvalue weighted by molar-refractivity contribution is 7.80. The quantitative estimate of drug-likeness (QED) is 0.332. The Morgan fingerprint density at radius 2 is 1.83 bits per heavy atom. The molecule has 2 heterocycles. The summed E-state index contributed by atoms with van der Waals surface area (Å²) in [6, 6.07) is 19.0. The lowest BCUT2D eigenvalue weighted by Gasteiger charge is -2.12. The first-order valence-corrected chi connectivity index (χ1v) is 9.87. The van der Waals surface area contributed by atoms with E-state index in [0.717, 1.165) is 27.6 Å². The first-order chi connectivity index (χ1) is 14.5. The molecule has 7 heteroatoms. The number of amides is 1. The highest BCUT2D eigenvalue weighted by Gasteiger charge is 2.16. The second-order valence-electron chi connectivity index (χ2n) is 7.04. The Morgan fingerprint density at radius 1 is 1.03 bits per heavy atom. The van der Waals surface area contributed by atoms with Gasteiger partial charge in [-0.2, -0.15) is 0 Å². The van der Waals surface area contributed by atoms with Gasteiger partial charge in [-0.05, 0) is 53.6 Å². The molecule has 0 saturated heterocycles. The van der Waals surface area contributed by atoms with E-state index in [0.29, 0.717) is 29.5 Å². The molecule has 4 aromatic rings. The molecule has 0 bridgehead atoms. The van der Waals surface area contributed by atoms with Crippen LogP contribution >= 0.6 is 12.2 Å². The van der Waals surface area contributed by atoms with Gasteiger partial charge in [-0.3, -0.25) is 9.78 Å². The lowest BCUT2D eigenvalue weighted by Crippen LogP contribution is -2.25. The second-order valence-corrected chi connectivity index (χ2v) is 7.48. The highest BCUT2D eigenvalue weighted by Crippen LogP contribution is 2.24. The number of benzene rings is 2. The molecule has 0 spiro atoms. The minimum Gasteiger partial charge on any atom is -0.399 e. The third-order valence-electron chi connectivity index (χ3n) is 4.91. The predicted octanol–water partition coefficient (Wildman–Crippen LogP) is 3.23. The molecule has 2 aromatic heterocycles. The van der Waals surface area contributed by atoms with Gasteiger partial charge in [0.2, 0.25) is 0 Å². The van der Waals surface area contributed by atoms with Gasteiger partial charge in [0.05, 0.1) is 0 Å². The number of fused-ring (bicyclic) bond motifs is 1. The molecule has 0 saturated carbocycles. The van der Waals surface area contributed by atoms with E-state index in [2.05, 4.69) is 10.3 Å². The van der Waals surface area contributed by atoms with Crippen molar-refractivity contribution in [2.24, 2.45) is 5.73 Å². The molecule has 30 heavy (non-hydrogen) atoms. The average Bonchev–Trinajstić information content (AvgIpc) is 3.10. The molecule has 0 aliphatic carbocycles. The Hall–Kier alpha value is -3.71. The summed E-state index contributed by atoms with van der Waals surface area (Å²) in [4.78, 5) is 17.4. The molecule has 4 rings (SSSR count). The van der Waals surface area contributed by atoms with E-state index >= 15 is 0 Å². The van der Waals surface area contributed by atoms with Crippen molar-refractivity contribution in [3.05, 3.63) is 95.4 Å². The molecule has 5 N–H and O–H groups in total. The number of nitrogen functional groups attached to an aromatic ring is 1. The Bertz CT molecular complexity index is 1230. The normalized spacial score (nSPS) is 10.8. The predicted molar refractivity (Wildman–Crippen MR) is 123 cm³/mol. The topological polar surface area (TPSA) is 99.0 Å². The zero-order chi connectivity index (χ0) is 21.1. The number of nitrogens with one attached hydrogen (secondary N) is 1. The summed E-state index contributed by atoms with van der Waals surface area (Å²) in [5.74, 6) is -0.160. The zero-order valence-electron chi connectivity index (χ0n) is 16.2. The van der Waals surface area contributed by atoms with Crippen LogP contribution in [0.15, 0.2) is 73.1 Å². The van der Waals surface area contributed by atoms with Gasteiger partial charge >= 0.3 is 0 Å². The third kappa shape index (κ3) is 4.16. The van der Waals surface area contributed by atoms with Gasteiger partial charge in [0.1, 0.15) is 10.7 Å². The van der Waals surface area contributed by atoms with E-state index in [1.165, 1.54) is 0 Å². The van der Waals surface area contributed by atoms with Crippen LogP contribution in [-0.2, 0) is 13.1 Å². The van der Waals surface area contributed by atoms with Gasteiger partial charge in [0.15, 0.2) is 0 Å². The fraction of sp³-hybridized carbons (Fsp3) is 0.0870. The van der Waals surface area contributed by atoms with Crippen LogP contribution in [0.2, 0.25) is 0 Å². The summed E-state index contributed by atoms with van der Waals surface area (Å²) in [6.45, 7) is 0.920. The number of aromatic nitrogens is 2. The van der Waals surface area contributed by atoms with E-state index in [4.69, 9.17) is 23.7 Å². The molecule has 0 aliphatic heterocycles. The average molecular weight is 416 g/mol. The van der Waals surface area contributed by atoms with Gasteiger partial charge < -0.3 is 21.4 Å². The van der Waals surface area contributed by atoms with Gasteiger partial charge in [0.25, 0.3) is 5.91 Å². The van der Waals surface area contributed by atoms with Crippen molar-refractivity contribution in [1.29, 1.82) is 0 Å². The molecule has 6 nitrogen and oxygen atoms in total. The molecular weight excluding hydrogens is 394 g/mol. The second kappa shape index (κ2) is 8.34. The zero-order valence-corrected chi connectivity index (χ0v) is 17.0. The summed E-state index contributed by atoms with van der Waals surface area (Å²) in [7, 11) is 0. The fourth-order valence-electron chi connectivity index (χ4n) is 3.43. The van der Waals surface area contributed by atoms with Crippen molar-refractivity contribution in [2.45, 2.75) is 13.1 Å². The molecule has 0 unspecified atom stereocenters. The van der Waals surface area contributed by atoms with Crippen LogP contribution in [0, 0.1) is 0 Å². The van der Waals surface area contributed by atoms with Crippen LogP contribution in [0.3, 0.4) is 0 Å². The molecule has 0 radical (unpaired) electrons. The summed E-state index contributed by atoms with van der Waals surface area (Å²) >= 11 is 5.10. The van der Waals surface area contributed by atoms with E-state index in [-0.39, 0.29) is 5.91 Å². The summed E-state index contributed by atoms with van der Waals surface area (Å²) in [5, 5.41) is 3.90. The van der Waals surface area contributed by atoms with Gasteiger partial charge in [-0.15, -0.1) is 0 Å². The first-order valence-electron chi connectivity index (χ1n) is 9.46. The number of hydrogen-bond donors (Lipinski definition) is 3. The lowest BCUT2D eigenvalue weighted by atomic mass is 10.1. The van der Waals surface area contributed by atoms with Crippen molar-refractivity contribution in [2.75, 3.05) is 5.73 Å². The molecule has 0 aliphatic rings. The third-order valence-corrected chi connectivity index (χ3v) is 5.15. The Balaban J connectivity index is 1.69. The monoisotopic (exact) mass is 415 g/mol. The van der Waals surface area contributed by atoms with Crippen molar-refractivity contribution in [1.82, 2.24) is 14.9 Å².